The second-order valence-electron chi connectivity index (χ2n) is 3.77. The zero-order valence-electron chi connectivity index (χ0n) is 9.93. The van der Waals surface area contributed by atoms with Gasteiger partial charge in [0.05, 0.1) is 16.1 Å². The molecule has 0 unspecified atom stereocenters. The maximum Gasteiger partial charge on any atom is 0.337 e. The van der Waals surface area contributed by atoms with Crippen molar-refractivity contribution in [2.45, 2.75) is 9.79 Å². The Balaban J connectivity index is 2.41. The molecule has 0 amide bonds. The van der Waals surface area contributed by atoms with Crippen LogP contribution in [-0.2, 0) is 0 Å². The van der Waals surface area contributed by atoms with Crippen molar-refractivity contribution in [2.24, 2.45) is 0 Å². The van der Waals surface area contributed by atoms with Crippen molar-refractivity contribution >= 4 is 45.3 Å². The molecule has 0 aromatic heterocycles. The van der Waals surface area contributed by atoms with Crippen LogP contribution < -0.4 is 0 Å². The molecule has 2 aromatic carbocycles. The third kappa shape index (κ3) is 3.15. The molecule has 0 fully saturated rings. The standard InChI is InChI=1S/C14H7BrClNO2S/c15-11-2-1-3-13(10(11)7-17)20-8-4-5-12(16)9(6-8)14(18)19/h1-6H,(H,18,19). The molecule has 0 aliphatic carbocycles. The molecule has 0 aliphatic rings. The highest BCUT2D eigenvalue weighted by Gasteiger charge is 2.12. The molecule has 0 bridgehead atoms. The van der Waals surface area contributed by atoms with Crippen molar-refractivity contribution in [1.82, 2.24) is 0 Å². The number of rotatable bonds is 3. The Morgan fingerprint density at radius 3 is 2.75 bits per heavy atom. The van der Waals surface area contributed by atoms with Gasteiger partial charge in [-0.05, 0) is 46.3 Å². The summed E-state index contributed by atoms with van der Waals surface area (Å²) >= 11 is 10.5. The Hall–Kier alpha value is -1.48. The second-order valence-corrected chi connectivity index (χ2v) is 6.15. The molecule has 0 saturated heterocycles. The van der Waals surface area contributed by atoms with Crippen molar-refractivity contribution in [3.8, 4) is 6.07 Å². The highest BCUT2D eigenvalue weighted by atomic mass is 79.9. The minimum Gasteiger partial charge on any atom is -0.478 e. The zero-order valence-corrected chi connectivity index (χ0v) is 13.1. The fourth-order valence-corrected chi connectivity index (χ4v) is 3.31. The molecule has 0 atom stereocenters. The molecular weight excluding hydrogens is 362 g/mol. The fourth-order valence-electron chi connectivity index (χ4n) is 1.56. The average molecular weight is 369 g/mol. The number of nitriles is 1. The maximum atomic E-state index is 11.1. The Labute approximate surface area is 133 Å². The number of carbonyl (C=O) groups is 1. The molecule has 0 heterocycles. The van der Waals surface area contributed by atoms with Crippen LogP contribution in [0.15, 0.2) is 50.7 Å². The third-order valence-corrected chi connectivity index (χ3v) is 4.52. The van der Waals surface area contributed by atoms with E-state index in [2.05, 4.69) is 22.0 Å². The molecule has 0 radical (unpaired) electrons. The van der Waals surface area contributed by atoms with Crippen molar-refractivity contribution < 1.29 is 9.90 Å². The molecule has 0 saturated carbocycles. The summed E-state index contributed by atoms with van der Waals surface area (Å²) in [4.78, 5) is 12.5. The van der Waals surface area contributed by atoms with E-state index >= 15 is 0 Å². The topological polar surface area (TPSA) is 61.1 Å². The van der Waals surface area contributed by atoms with E-state index in [0.717, 1.165) is 4.90 Å². The summed E-state index contributed by atoms with van der Waals surface area (Å²) in [7, 11) is 0. The molecule has 100 valence electrons. The van der Waals surface area contributed by atoms with E-state index in [0.29, 0.717) is 14.9 Å². The highest BCUT2D eigenvalue weighted by molar-refractivity contribution is 9.10. The van der Waals surface area contributed by atoms with E-state index in [4.69, 9.17) is 22.0 Å². The molecule has 6 heteroatoms. The number of aromatic carboxylic acids is 1. The van der Waals surface area contributed by atoms with Crippen LogP contribution in [0.3, 0.4) is 0 Å². The fraction of sp³-hybridized carbons (Fsp3) is 0. The minimum absolute atomic E-state index is 0.0465. The summed E-state index contributed by atoms with van der Waals surface area (Å²) in [6.07, 6.45) is 0. The Bertz CT molecular complexity index is 728. The molecule has 2 rings (SSSR count). The average Bonchev–Trinajstić information content (AvgIpc) is 2.41. The lowest BCUT2D eigenvalue weighted by molar-refractivity contribution is 0.0697. The van der Waals surface area contributed by atoms with Gasteiger partial charge in [0.15, 0.2) is 0 Å². The number of carboxylic acid groups (broad SMARTS) is 1. The van der Waals surface area contributed by atoms with Gasteiger partial charge in [-0.25, -0.2) is 4.79 Å². The first-order valence-corrected chi connectivity index (χ1v) is 7.41. The van der Waals surface area contributed by atoms with E-state index < -0.39 is 5.97 Å². The number of hydrogen-bond donors (Lipinski definition) is 1. The number of nitrogens with zero attached hydrogens (tertiary/aromatic N) is 1. The quantitative estimate of drug-likeness (QED) is 0.843. The molecule has 1 N–H and O–H groups in total. The first-order valence-electron chi connectivity index (χ1n) is 5.42. The van der Waals surface area contributed by atoms with E-state index in [-0.39, 0.29) is 10.6 Å². The molecule has 3 nitrogen and oxygen atoms in total. The Morgan fingerprint density at radius 1 is 1.35 bits per heavy atom. The first-order chi connectivity index (χ1) is 9.52. The van der Waals surface area contributed by atoms with Crippen LogP contribution in [0.5, 0.6) is 0 Å². The molecule has 0 aliphatic heterocycles. The zero-order chi connectivity index (χ0) is 14.7. The predicted octanol–water partition coefficient (Wildman–Crippen LogP) is 4.82. The van der Waals surface area contributed by atoms with Crippen LogP contribution in [0.2, 0.25) is 5.02 Å². The number of carboxylic acids is 1. The Morgan fingerprint density at radius 2 is 2.10 bits per heavy atom. The number of hydrogen-bond acceptors (Lipinski definition) is 3. The van der Waals surface area contributed by atoms with Gasteiger partial charge in [-0.3, -0.25) is 0 Å². The van der Waals surface area contributed by atoms with Gasteiger partial charge in [0.25, 0.3) is 0 Å². The lowest BCUT2D eigenvalue weighted by Gasteiger charge is -2.07. The van der Waals surface area contributed by atoms with Gasteiger partial charge in [0, 0.05) is 14.3 Å². The van der Waals surface area contributed by atoms with Gasteiger partial charge in [-0.2, -0.15) is 5.26 Å². The number of benzene rings is 2. The first kappa shape index (κ1) is 14.9. The minimum atomic E-state index is -1.08. The molecule has 20 heavy (non-hydrogen) atoms. The van der Waals surface area contributed by atoms with Crippen molar-refractivity contribution in [3.05, 3.63) is 57.0 Å². The Kier molecular flexibility index (Phi) is 4.71. The van der Waals surface area contributed by atoms with Gasteiger partial charge in [-0.15, -0.1) is 0 Å². The summed E-state index contributed by atoms with van der Waals surface area (Å²) in [6.45, 7) is 0. The maximum absolute atomic E-state index is 11.1. The summed E-state index contributed by atoms with van der Waals surface area (Å²) in [5.41, 5.74) is 0.564. The van der Waals surface area contributed by atoms with Crippen LogP contribution in [0, 0.1) is 11.3 Å². The normalized spacial score (nSPS) is 10.1. The third-order valence-electron chi connectivity index (χ3n) is 2.48. The predicted molar refractivity (Wildman–Crippen MR) is 81.4 cm³/mol. The molecular formula is C14H7BrClNO2S. The summed E-state index contributed by atoms with van der Waals surface area (Å²) in [6, 6.07) is 12.3. The van der Waals surface area contributed by atoms with Gasteiger partial charge in [0.1, 0.15) is 6.07 Å². The lowest BCUT2D eigenvalue weighted by atomic mass is 10.2. The van der Waals surface area contributed by atoms with Gasteiger partial charge < -0.3 is 5.11 Å². The van der Waals surface area contributed by atoms with Crippen LogP contribution in [0.25, 0.3) is 0 Å². The van der Waals surface area contributed by atoms with Crippen molar-refractivity contribution in [1.29, 1.82) is 5.26 Å². The van der Waals surface area contributed by atoms with Crippen LogP contribution in [0.4, 0.5) is 0 Å². The molecule has 0 spiro atoms. The van der Waals surface area contributed by atoms with Crippen LogP contribution >= 0.6 is 39.3 Å². The van der Waals surface area contributed by atoms with E-state index in [1.54, 1.807) is 12.1 Å². The smallest absolute Gasteiger partial charge is 0.337 e. The van der Waals surface area contributed by atoms with E-state index in [1.807, 2.05) is 12.1 Å². The van der Waals surface area contributed by atoms with Gasteiger partial charge in [0.2, 0.25) is 0 Å². The highest BCUT2D eigenvalue weighted by Crippen LogP contribution is 2.35. The number of halogens is 2. The monoisotopic (exact) mass is 367 g/mol. The van der Waals surface area contributed by atoms with Crippen molar-refractivity contribution in [2.75, 3.05) is 0 Å². The van der Waals surface area contributed by atoms with E-state index in [9.17, 15) is 4.79 Å². The SMILES string of the molecule is N#Cc1c(Br)cccc1Sc1ccc(Cl)c(C(=O)O)c1. The van der Waals surface area contributed by atoms with Crippen LogP contribution in [-0.4, -0.2) is 11.1 Å². The summed E-state index contributed by atoms with van der Waals surface area (Å²) < 4.78 is 0.706. The summed E-state index contributed by atoms with van der Waals surface area (Å²) in [5, 5.41) is 18.4. The summed E-state index contributed by atoms with van der Waals surface area (Å²) in [5.74, 6) is -1.08. The van der Waals surface area contributed by atoms with Gasteiger partial charge >= 0.3 is 5.97 Å². The molecule has 2 aromatic rings. The van der Waals surface area contributed by atoms with Crippen molar-refractivity contribution in [3.63, 3.8) is 0 Å². The van der Waals surface area contributed by atoms with E-state index in [1.165, 1.54) is 23.9 Å². The van der Waals surface area contributed by atoms with Crippen LogP contribution in [0.1, 0.15) is 15.9 Å². The lowest BCUT2D eigenvalue weighted by Crippen LogP contribution is -1.97. The second kappa shape index (κ2) is 6.31. The van der Waals surface area contributed by atoms with Gasteiger partial charge in [-0.1, -0.05) is 29.4 Å². The largest absolute Gasteiger partial charge is 0.478 e.